The molecule has 4 aromatic rings. The van der Waals surface area contributed by atoms with Gasteiger partial charge in [-0.15, -0.1) is 0 Å². The predicted molar refractivity (Wildman–Crippen MR) is 151 cm³/mol. The number of anilines is 1. The van der Waals surface area contributed by atoms with Gasteiger partial charge in [0, 0.05) is 5.56 Å². The first-order valence-corrected chi connectivity index (χ1v) is 13.6. The Morgan fingerprint density at radius 2 is 1.82 bits per heavy atom. The van der Waals surface area contributed by atoms with Crippen LogP contribution in [-0.4, -0.2) is 54.3 Å². The third-order valence-corrected chi connectivity index (χ3v) is 8.26. The number of aliphatic hydroxyl groups is 1. The summed E-state index contributed by atoms with van der Waals surface area (Å²) in [5, 5.41) is 22.2. The zero-order valence-corrected chi connectivity index (χ0v) is 23.5. The van der Waals surface area contributed by atoms with Crippen LogP contribution in [0.3, 0.4) is 0 Å². The number of nitrogens with zero attached hydrogens (tertiary/aromatic N) is 2. The van der Waals surface area contributed by atoms with Crippen molar-refractivity contribution >= 4 is 60.1 Å². The number of halogens is 1. The molecule has 1 amide bonds. The van der Waals surface area contributed by atoms with E-state index in [1.54, 1.807) is 49.6 Å². The standard InChI is InChI=1S/C28H21BrN2O8S/c1-36-15-4-5-17-21(12-15)40-28(30-17)31-23(14-9-16(29)25(33)20(11-14)37-2)22(26(34)27(31)35)24(32)13-3-6-18-19(10-13)39-8-7-38-18/h3-6,9-12,23,32-33H,7-8H2,1-2H3/b24-22+. The molecule has 12 heteroatoms. The molecule has 2 N–H and O–H groups in total. The van der Waals surface area contributed by atoms with Crippen molar-refractivity contribution in [3.63, 3.8) is 0 Å². The molecule has 0 saturated carbocycles. The van der Waals surface area contributed by atoms with Gasteiger partial charge >= 0.3 is 5.91 Å². The maximum absolute atomic E-state index is 13.6. The lowest BCUT2D eigenvalue weighted by Crippen LogP contribution is -2.29. The third-order valence-electron chi connectivity index (χ3n) is 6.64. The Morgan fingerprint density at radius 3 is 2.58 bits per heavy atom. The van der Waals surface area contributed by atoms with E-state index in [1.807, 2.05) is 0 Å². The van der Waals surface area contributed by atoms with Gasteiger partial charge in [0.25, 0.3) is 5.78 Å². The Kier molecular flexibility index (Phi) is 6.51. The van der Waals surface area contributed by atoms with Gasteiger partial charge in [-0.3, -0.25) is 14.5 Å². The number of thiazole rings is 1. The molecule has 1 fully saturated rings. The molecule has 0 radical (unpaired) electrons. The van der Waals surface area contributed by atoms with Crippen LogP contribution in [0.4, 0.5) is 5.13 Å². The Hall–Kier alpha value is -4.29. The minimum absolute atomic E-state index is 0.114. The maximum atomic E-state index is 13.6. The minimum Gasteiger partial charge on any atom is -0.507 e. The highest BCUT2D eigenvalue weighted by Gasteiger charge is 2.48. The number of fused-ring (bicyclic) bond motifs is 2. The van der Waals surface area contributed by atoms with E-state index < -0.39 is 23.5 Å². The van der Waals surface area contributed by atoms with Crippen LogP contribution < -0.4 is 23.8 Å². The Morgan fingerprint density at radius 1 is 1.05 bits per heavy atom. The lowest BCUT2D eigenvalue weighted by Gasteiger charge is -2.24. The molecule has 40 heavy (non-hydrogen) atoms. The number of aromatic nitrogens is 1. The zero-order valence-electron chi connectivity index (χ0n) is 21.1. The number of ether oxygens (including phenoxy) is 4. The molecule has 10 nitrogen and oxygen atoms in total. The lowest BCUT2D eigenvalue weighted by atomic mass is 9.95. The van der Waals surface area contributed by atoms with E-state index in [0.717, 1.165) is 4.70 Å². The van der Waals surface area contributed by atoms with Gasteiger partial charge in [0.15, 0.2) is 28.1 Å². The smallest absolute Gasteiger partial charge is 0.301 e. The number of phenols is 1. The number of rotatable bonds is 5. The number of carbonyl (C=O) groups is 2. The van der Waals surface area contributed by atoms with Gasteiger partial charge in [-0.2, -0.15) is 0 Å². The average Bonchev–Trinajstić information content (AvgIpc) is 3.51. The fourth-order valence-corrected chi connectivity index (χ4v) is 6.20. The number of ketones is 1. The van der Waals surface area contributed by atoms with E-state index in [4.69, 9.17) is 18.9 Å². The highest BCUT2D eigenvalue weighted by atomic mass is 79.9. The Labute approximate surface area is 240 Å². The summed E-state index contributed by atoms with van der Waals surface area (Å²) in [5.74, 6) is -0.644. The summed E-state index contributed by atoms with van der Waals surface area (Å²) in [5.41, 5.74) is 1.12. The van der Waals surface area contributed by atoms with Crippen LogP contribution in [0.2, 0.25) is 0 Å². The molecular weight excluding hydrogens is 604 g/mol. The van der Waals surface area contributed by atoms with Crippen LogP contribution in [0.1, 0.15) is 17.2 Å². The van der Waals surface area contributed by atoms with E-state index in [2.05, 4.69) is 20.9 Å². The predicted octanol–water partition coefficient (Wildman–Crippen LogP) is 5.18. The van der Waals surface area contributed by atoms with Crippen molar-refractivity contribution in [1.82, 2.24) is 4.98 Å². The van der Waals surface area contributed by atoms with Crippen molar-refractivity contribution in [2.45, 2.75) is 6.04 Å². The van der Waals surface area contributed by atoms with Crippen LogP contribution in [0.15, 0.2) is 58.6 Å². The minimum atomic E-state index is -1.10. The van der Waals surface area contributed by atoms with Crippen molar-refractivity contribution in [3.05, 3.63) is 69.7 Å². The van der Waals surface area contributed by atoms with Gasteiger partial charge in [0.2, 0.25) is 0 Å². The molecule has 1 atom stereocenters. The number of phenolic OH excluding ortho intramolecular Hbond substituents is 1. The van der Waals surface area contributed by atoms with Crippen molar-refractivity contribution in [2.24, 2.45) is 0 Å². The van der Waals surface area contributed by atoms with Crippen molar-refractivity contribution < 1.29 is 38.7 Å². The summed E-state index contributed by atoms with van der Waals surface area (Å²) < 4.78 is 22.9. The first kappa shape index (κ1) is 26.0. The number of amides is 1. The first-order valence-electron chi connectivity index (χ1n) is 12.0. The lowest BCUT2D eigenvalue weighted by molar-refractivity contribution is -0.132. The second-order valence-electron chi connectivity index (χ2n) is 8.91. The maximum Gasteiger partial charge on any atom is 0.301 e. The molecular formula is C28H21BrN2O8S. The molecule has 204 valence electrons. The second-order valence-corrected chi connectivity index (χ2v) is 10.8. The van der Waals surface area contributed by atoms with E-state index in [0.29, 0.717) is 41.5 Å². The largest absolute Gasteiger partial charge is 0.507 e. The van der Waals surface area contributed by atoms with Gasteiger partial charge in [0.1, 0.15) is 24.7 Å². The number of aromatic hydroxyl groups is 1. The van der Waals surface area contributed by atoms with Crippen LogP contribution in [-0.2, 0) is 9.59 Å². The molecule has 6 rings (SSSR count). The SMILES string of the molecule is COc1ccc2nc(N3C(=O)C(=O)/C(=C(/O)c4ccc5c(c4)OCCO5)C3c3cc(Br)c(O)c(OC)c3)sc2c1. The molecule has 0 spiro atoms. The van der Waals surface area contributed by atoms with Crippen molar-refractivity contribution in [1.29, 1.82) is 0 Å². The number of aliphatic hydroxyl groups excluding tert-OH is 1. The van der Waals surface area contributed by atoms with Gasteiger partial charge in [-0.1, -0.05) is 11.3 Å². The summed E-state index contributed by atoms with van der Waals surface area (Å²) in [7, 11) is 2.94. The number of benzene rings is 3. The third kappa shape index (κ3) is 4.20. The fraction of sp³-hybridized carbons (Fsp3) is 0.179. The average molecular weight is 625 g/mol. The molecule has 3 heterocycles. The van der Waals surface area contributed by atoms with E-state index in [9.17, 15) is 19.8 Å². The summed E-state index contributed by atoms with van der Waals surface area (Å²) in [4.78, 5) is 33.1. The number of carbonyl (C=O) groups excluding carboxylic acids is 2. The summed E-state index contributed by atoms with van der Waals surface area (Å²) >= 11 is 4.53. The molecule has 1 saturated heterocycles. The molecule has 1 aromatic heterocycles. The molecule has 3 aromatic carbocycles. The van der Waals surface area contributed by atoms with Crippen LogP contribution in [0.25, 0.3) is 16.0 Å². The van der Waals surface area contributed by atoms with Crippen LogP contribution in [0, 0.1) is 0 Å². The number of Topliss-reactive ketones (excluding diaryl/α,β-unsaturated/α-hetero) is 1. The highest BCUT2D eigenvalue weighted by molar-refractivity contribution is 9.10. The zero-order chi connectivity index (χ0) is 28.1. The van der Waals surface area contributed by atoms with E-state index in [-0.39, 0.29) is 32.2 Å². The number of hydrogen-bond donors (Lipinski definition) is 2. The summed E-state index contributed by atoms with van der Waals surface area (Å²) in [6.07, 6.45) is 0. The quantitative estimate of drug-likeness (QED) is 0.175. The van der Waals surface area contributed by atoms with Crippen molar-refractivity contribution in [2.75, 3.05) is 32.3 Å². The van der Waals surface area contributed by atoms with Gasteiger partial charge in [-0.05, 0) is 70.0 Å². The normalized spacial score (nSPS) is 17.9. The Bertz CT molecular complexity index is 1730. The highest BCUT2D eigenvalue weighted by Crippen LogP contribution is 2.48. The molecule has 2 aliphatic heterocycles. The Balaban J connectivity index is 1.57. The van der Waals surface area contributed by atoms with Gasteiger partial charge in [-0.25, -0.2) is 4.98 Å². The van der Waals surface area contributed by atoms with E-state index >= 15 is 0 Å². The fourth-order valence-electron chi connectivity index (χ4n) is 4.72. The van der Waals surface area contributed by atoms with E-state index in [1.165, 1.54) is 29.4 Å². The van der Waals surface area contributed by atoms with Crippen LogP contribution in [0.5, 0.6) is 28.7 Å². The first-order chi connectivity index (χ1) is 19.3. The molecule has 1 unspecified atom stereocenters. The second kappa shape index (κ2) is 10.0. The van der Waals surface area contributed by atoms with Crippen molar-refractivity contribution in [3.8, 4) is 28.7 Å². The van der Waals surface area contributed by atoms with Gasteiger partial charge in [0.05, 0.1) is 40.5 Å². The topological polar surface area (TPSA) is 128 Å². The summed E-state index contributed by atoms with van der Waals surface area (Å²) in [6, 6.07) is 12.1. The summed E-state index contributed by atoms with van der Waals surface area (Å²) in [6.45, 7) is 0.736. The monoisotopic (exact) mass is 624 g/mol. The number of methoxy groups -OCH3 is 2. The molecule has 0 aliphatic carbocycles. The van der Waals surface area contributed by atoms with Gasteiger partial charge < -0.3 is 29.2 Å². The molecule has 2 aliphatic rings. The molecule has 0 bridgehead atoms. The number of hydrogen-bond acceptors (Lipinski definition) is 10. The van der Waals surface area contributed by atoms with Crippen LogP contribution >= 0.6 is 27.3 Å².